The molecular weight excluding hydrogens is 527 g/mol. The van der Waals surface area contributed by atoms with E-state index in [2.05, 4.69) is 67.0 Å². The quantitative estimate of drug-likeness (QED) is 0.228. The van der Waals surface area contributed by atoms with E-state index in [9.17, 15) is 4.39 Å². The van der Waals surface area contributed by atoms with Gasteiger partial charge in [0.05, 0.1) is 26.7 Å². The monoisotopic (exact) mass is 572 g/mol. The lowest BCUT2D eigenvalue weighted by Gasteiger charge is -2.29. The standard InChI is InChI=1S/C22H17FN2OS.C6H14.2C2H6.CH3Cl/c1-12-8-15(23)20-17-10-14-4-2-3-5-16(14)25(17)22(26-18(20)9-12)19-11-24-21(27-19)13-6-7-13;1-5(2)6(3)4;3*1-2/h2-5,8-11,13,22H,6-7H2,1H3;5-6H,1-4H3;2*1-2H3;1H3. The zero-order valence-electron chi connectivity index (χ0n) is 25.3. The molecule has 1 saturated carbocycles. The van der Waals surface area contributed by atoms with Crippen LogP contribution >= 0.6 is 22.9 Å². The molecule has 0 radical (unpaired) electrons. The molecule has 2 aromatic carbocycles. The van der Waals surface area contributed by atoms with Crippen LogP contribution in [0.1, 0.15) is 95.8 Å². The van der Waals surface area contributed by atoms with Crippen molar-refractivity contribution in [1.29, 1.82) is 0 Å². The summed E-state index contributed by atoms with van der Waals surface area (Å²) in [6.45, 7) is 18.9. The van der Waals surface area contributed by atoms with Crippen LogP contribution in [0.2, 0.25) is 0 Å². The predicted molar refractivity (Wildman–Crippen MR) is 169 cm³/mol. The summed E-state index contributed by atoms with van der Waals surface area (Å²) in [5, 5.41) is 2.27. The third-order valence-corrected chi connectivity index (χ3v) is 7.91. The van der Waals surface area contributed by atoms with Gasteiger partial charge in [-0.2, -0.15) is 0 Å². The van der Waals surface area contributed by atoms with Gasteiger partial charge in [0.25, 0.3) is 0 Å². The number of alkyl halides is 1. The highest BCUT2D eigenvalue weighted by atomic mass is 35.5. The number of thiazole rings is 1. The number of hydrogen-bond acceptors (Lipinski definition) is 3. The molecule has 1 atom stereocenters. The third-order valence-electron chi connectivity index (χ3n) is 6.72. The lowest BCUT2D eigenvalue weighted by Crippen LogP contribution is -2.22. The Labute approximate surface area is 244 Å². The van der Waals surface area contributed by atoms with E-state index in [1.54, 1.807) is 17.4 Å². The molecule has 6 rings (SSSR count). The summed E-state index contributed by atoms with van der Waals surface area (Å²) in [7, 11) is 0. The summed E-state index contributed by atoms with van der Waals surface area (Å²) in [6, 6.07) is 13.7. The van der Waals surface area contributed by atoms with Crippen molar-refractivity contribution in [3.05, 3.63) is 69.9 Å². The molecule has 2 aromatic heterocycles. The van der Waals surface area contributed by atoms with Gasteiger partial charge in [0, 0.05) is 23.9 Å². The average molecular weight is 573 g/mol. The second-order valence-corrected chi connectivity index (χ2v) is 11.0. The minimum absolute atomic E-state index is 0.240. The Morgan fingerprint density at radius 2 is 1.59 bits per heavy atom. The molecule has 2 aliphatic rings. The van der Waals surface area contributed by atoms with Crippen LogP contribution in [0.3, 0.4) is 0 Å². The van der Waals surface area contributed by atoms with Crippen LogP contribution in [0, 0.1) is 24.6 Å². The molecule has 1 fully saturated rings. The molecule has 3 nitrogen and oxygen atoms in total. The molecule has 214 valence electrons. The lowest BCUT2D eigenvalue weighted by molar-refractivity contribution is 0.175. The number of nitrogens with zero attached hydrogens (tertiary/aromatic N) is 2. The summed E-state index contributed by atoms with van der Waals surface area (Å²) < 4.78 is 23.4. The molecule has 1 aliphatic carbocycles. The van der Waals surface area contributed by atoms with Crippen molar-refractivity contribution >= 4 is 33.8 Å². The molecule has 4 aromatic rings. The van der Waals surface area contributed by atoms with E-state index in [0.29, 0.717) is 17.2 Å². The molecule has 3 heterocycles. The molecule has 0 bridgehead atoms. The van der Waals surface area contributed by atoms with E-state index in [1.807, 2.05) is 59.0 Å². The van der Waals surface area contributed by atoms with E-state index < -0.39 is 0 Å². The minimum atomic E-state index is -0.321. The highest BCUT2D eigenvalue weighted by Gasteiger charge is 2.34. The zero-order chi connectivity index (χ0) is 29.3. The Morgan fingerprint density at radius 1 is 0.974 bits per heavy atom. The smallest absolute Gasteiger partial charge is 0.213 e. The molecule has 39 heavy (non-hydrogen) atoms. The highest BCUT2D eigenvalue weighted by molar-refractivity contribution is 7.11. The fourth-order valence-corrected chi connectivity index (χ4v) is 5.07. The maximum atomic E-state index is 14.9. The van der Waals surface area contributed by atoms with Gasteiger partial charge < -0.3 is 4.74 Å². The molecule has 1 aliphatic heterocycles. The van der Waals surface area contributed by atoms with Gasteiger partial charge in [-0.15, -0.1) is 22.9 Å². The predicted octanol–water partition coefficient (Wildman–Crippen LogP) is 11.2. The number of fused-ring (bicyclic) bond motifs is 5. The first-order valence-electron chi connectivity index (χ1n) is 14.2. The average Bonchev–Trinajstić information content (AvgIpc) is 3.55. The van der Waals surface area contributed by atoms with Gasteiger partial charge in [-0.3, -0.25) is 4.57 Å². The fourth-order valence-electron chi connectivity index (χ4n) is 3.96. The number of benzene rings is 2. The number of para-hydroxylation sites is 1. The van der Waals surface area contributed by atoms with Crippen molar-refractivity contribution in [2.45, 2.75) is 87.3 Å². The number of hydrogen-bond donors (Lipinski definition) is 0. The summed E-state index contributed by atoms with van der Waals surface area (Å²) in [5.74, 6) is 2.68. The minimum Gasteiger partial charge on any atom is -0.464 e. The van der Waals surface area contributed by atoms with Gasteiger partial charge in [-0.1, -0.05) is 73.6 Å². The zero-order valence-corrected chi connectivity index (χ0v) is 26.9. The maximum Gasteiger partial charge on any atom is 0.213 e. The molecule has 1 unspecified atom stereocenters. The highest BCUT2D eigenvalue weighted by Crippen LogP contribution is 2.48. The van der Waals surface area contributed by atoms with E-state index in [1.165, 1.54) is 24.2 Å². The second-order valence-electron chi connectivity index (χ2n) is 9.91. The number of aryl methyl sites for hydroxylation is 1. The van der Waals surface area contributed by atoms with Gasteiger partial charge in [0.2, 0.25) is 6.23 Å². The Hall–Kier alpha value is -2.37. The van der Waals surface area contributed by atoms with Crippen LogP contribution in [0.5, 0.6) is 5.75 Å². The molecule has 0 N–H and O–H groups in total. The van der Waals surface area contributed by atoms with Crippen molar-refractivity contribution in [3.8, 4) is 17.0 Å². The Bertz CT molecular complexity index is 1300. The molecule has 0 saturated heterocycles. The fraction of sp³-hybridized carbons (Fsp3) is 0.485. The van der Waals surface area contributed by atoms with Gasteiger partial charge in [0.1, 0.15) is 11.6 Å². The van der Waals surface area contributed by atoms with Crippen molar-refractivity contribution in [1.82, 2.24) is 9.55 Å². The number of rotatable bonds is 3. The normalized spacial score (nSPS) is 14.8. The van der Waals surface area contributed by atoms with E-state index in [4.69, 9.17) is 4.74 Å². The van der Waals surface area contributed by atoms with Crippen LogP contribution in [-0.4, -0.2) is 15.9 Å². The van der Waals surface area contributed by atoms with E-state index >= 15 is 0 Å². The van der Waals surface area contributed by atoms with E-state index in [-0.39, 0.29) is 12.0 Å². The number of ether oxygens (including phenoxy) is 1. The van der Waals surface area contributed by atoms with Crippen LogP contribution < -0.4 is 4.74 Å². The van der Waals surface area contributed by atoms with E-state index in [0.717, 1.165) is 38.9 Å². The summed E-state index contributed by atoms with van der Waals surface area (Å²) >= 11 is 6.36. The van der Waals surface area contributed by atoms with Gasteiger partial charge in [-0.05, 0) is 61.4 Å². The van der Waals surface area contributed by atoms with Crippen molar-refractivity contribution in [2.24, 2.45) is 11.8 Å². The number of aromatic nitrogens is 2. The van der Waals surface area contributed by atoms with Crippen molar-refractivity contribution in [2.75, 3.05) is 6.38 Å². The van der Waals surface area contributed by atoms with Crippen LogP contribution in [0.15, 0.2) is 48.7 Å². The summed E-state index contributed by atoms with van der Waals surface area (Å²) in [4.78, 5) is 5.70. The Kier molecular flexibility index (Phi) is 13.0. The second kappa shape index (κ2) is 15.4. The first kappa shape index (κ1) is 32.8. The van der Waals surface area contributed by atoms with Crippen LogP contribution in [0.4, 0.5) is 4.39 Å². The SMILES string of the molecule is CC.CC.CC(C)C(C)C.CCl.Cc1cc(F)c2c(c1)OC(c1cnc(C3CC3)s1)n1c-2cc2ccccc21. The molecule has 6 heteroatoms. The van der Waals surface area contributed by atoms with Crippen molar-refractivity contribution < 1.29 is 9.13 Å². The van der Waals surface area contributed by atoms with Crippen LogP contribution in [0.25, 0.3) is 22.2 Å². The summed E-state index contributed by atoms with van der Waals surface area (Å²) in [5.41, 5.74) is 3.31. The van der Waals surface area contributed by atoms with Gasteiger partial charge >= 0.3 is 0 Å². The first-order valence-corrected chi connectivity index (χ1v) is 15.8. The molecule has 0 amide bonds. The topological polar surface area (TPSA) is 27.1 Å². The Balaban J connectivity index is 0.000000387. The largest absolute Gasteiger partial charge is 0.464 e. The maximum absolute atomic E-state index is 14.9. The van der Waals surface area contributed by atoms with Crippen LogP contribution in [-0.2, 0) is 0 Å². The molecular formula is C33H46ClFN2OS. The summed E-state index contributed by atoms with van der Waals surface area (Å²) in [6.07, 6.45) is 5.53. The lowest BCUT2D eigenvalue weighted by atomic mass is 10.0. The first-order chi connectivity index (χ1) is 18.8. The van der Waals surface area contributed by atoms with Gasteiger partial charge in [-0.25, -0.2) is 9.37 Å². The van der Waals surface area contributed by atoms with Gasteiger partial charge in [0.15, 0.2) is 0 Å². The third kappa shape index (κ3) is 7.64. The van der Waals surface area contributed by atoms with Crippen molar-refractivity contribution in [3.63, 3.8) is 0 Å². The molecule has 0 spiro atoms. The number of halogens is 2. The Morgan fingerprint density at radius 3 is 2.18 bits per heavy atom.